The SMILES string of the molecule is CCOC(=O)c1ccccc1N(CC(=O)Nc1ccc(Cl)cc1)C(C)=O. The summed E-state index contributed by atoms with van der Waals surface area (Å²) in [7, 11) is 0. The predicted molar refractivity (Wildman–Crippen MR) is 101 cm³/mol. The van der Waals surface area contributed by atoms with Crippen LogP contribution in [0, 0.1) is 0 Å². The molecule has 136 valence electrons. The molecule has 0 saturated heterocycles. The minimum absolute atomic E-state index is 0.213. The van der Waals surface area contributed by atoms with Crippen LogP contribution in [-0.2, 0) is 14.3 Å². The van der Waals surface area contributed by atoms with Gasteiger partial charge in [-0.05, 0) is 43.3 Å². The molecule has 0 fully saturated rings. The van der Waals surface area contributed by atoms with E-state index in [4.69, 9.17) is 16.3 Å². The number of nitrogens with one attached hydrogen (secondary N) is 1. The van der Waals surface area contributed by atoms with Crippen molar-refractivity contribution in [3.63, 3.8) is 0 Å². The van der Waals surface area contributed by atoms with Crippen LogP contribution in [0.15, 0.2) is 48.5 Å². The number of rotatable bonds is 6. The third-order valence-corrected chi connectivity index (χ3v) is 3.75. The maximum atomic E-state index is 12.3. The molecule has 2 rings (SSSR count). The van der Waals surface area contributed by atoms with Gasteiger partial charge in [-0.1, -0.05) is 23.7 Å². The Morgan fingerprint density at radius 2 is 1.73 bits per heavy atom. The highest BCUT2D eigenvalue weighted by molar-refractivity contribution is 6.30. The standard InChI is InChI=1S/C19H19ClN2O4/c1-3-26-19(25)16-6-4-5-7-17(16)22(13(2)23)12-18(24)21-15-10-8-14(20)9-11-15/h4-11H,3,12H2,1-2H3,(H,21,24). The Morgan fingerprint density at radius 1 is 1.08 bits per heavy atom. The summed E-state index contributed by atoms with van der Waals surface area (Å²) in [5.41, 5.74) is 1.11. The smallest absolute Gasteiger partial charge is 0.340 e. The molecule has 2 aromatic rings. The van der Waals surface area contributed by atoms with Gasteiger partial charge in [0.2, 0.25) is 11.8 Å². The number of anilines is 2. The summed E-state index contributed by atoms with van der Waals surface area (Å²) in [5, 5.41) is 3.24. The molecule has 2 aromatic carbocycles. The number of nitrogens with zero attached hydrogens (tertiary/aromatic N) is 1. The van der Waals surface area contributed by atoms with Gasteiger partial charge in [0.1, 0.15) is 6.54 Å². The minimum atomic E-state index is -0.549. The maximum absolute atomic E-state index is 12.3. The van der Waals surface area contributed by atoms with Crippen LogP contribution in [0.2, 0.25) is 5.02 Å². The Kier molecular flexibility index (Phi) is 6.74. The molecule has 0 unspecified atom stereocenters. The Labute approximate surface area is 156 Å². The highest BCUT2D eigenvalue weighted by Crippen LogP contribution is 2.22. The van der Waals surface area contributed by atoms with E-state index < -0.39 is 11.9 Å². The second-order valence-electron chi connectivity index (χ2n) is 5.40. The van der Waals surface area contributed by atoms with Crippen molar-refractivity contribution in [3.05, 3.63) is 59.1 Å². The Morgan fingerprint density at radius 3 is 2.35 bits per heavy atom. The predicted octanol–water partition coefficient (Wildman–Crippen LogP) is 3.51. The van der Waals surface area contributed by atoms with Crippen LogP contribution in [-0.4, -0.2) is 30.9 Å². The number of ether oxygens (including phenoxy) is 1. The fraction of sp³-hybridized carbons (Fsp3) is 0.211. The first-order chi connectivity index (χ1) is 12.4. The largest absolute Gasteiger partial charge is 0.462 e. The molecular formula is C19H19ClN2O4. The van der Waals surface area contributed by atoms with Crippen molar-refractivity contribution in [2.75, 3.05) is 23.4 Å². The fourth-order valence-electron chi connectivity index (χ4n) is 2.33. The van der Waals surface area contributed by atoms with Gasteiger partial charge in [-0.3, -0.25) is 9.59 Å². The van der Waals surface area contributed by atoms with E-state index in [0.717, 1.165) is 0 Å². The molecule has 0 heterocycles. The molecule has 0 atom stereocenters. The summed E-state index contributed by atoms with van der Waals surface area (Å²) in [4.78, 5) is 37.8. The molecule has 26 heavy (non-hydrogen) atoms. The molecule has 7 heteroatoms. The molecule has 0 aliphatic rings. The van der Waals surface area contributed by atoms with Crippen molar-refractivity contribution < 1.29 is 19.1 Å². The van der Waals surface area contributed by atoms with Crippen LogP contribution in [0.25, 0.3) is 0 Å². The van der Waals surface area contributed by atoms with Gasteiger partial charge >= 0.3 is 5.97 Å². The molecule has 0 aliphatic carbocycles. The highest BCUT2D eigenvalue weighted by atomic mass is 35.5. The van der Waals surface area contributed by atoms with Gasteiger partial charge in [-0.2, -0.15) is 0 Å². The number of para-hydroxylation sites is 1. The Balaban J connectivity index is 2.21. The quantitative estimate of drug-likeness (QED) is 0.785. The van der Waals surface area contributed by atoms with Crippen molar-refractivity contribution in [3.8, 4) is 0 Å². The normalized spacial score (nSPS) is 10.1. The average Bonchev–Trinajstić information content (AvgIpc) is 2.61. The number of halogens is 1. The molecule has 1 N–H and O–H groups in total. The van der Waals surface area contributed by atoms with Gasteiger partial charge in [0.15, 0.2) is 0 Å². The summed E-state index contributed by atoms with van der Waals surface area (Å²) < 4.78 is 5.02. The fourth-order valence-corrected chi connectivity index (χ4v) is 2.46. The average molecular weight is 375 g/mol. The summed E-state index contributed by atoms with van der Waals surface area (Å²) in [6.07, 6.45) is 0. The molecule has 0 saturated carbocycles. The Hall–Kier alpha value is -2.86. The van der Waals surface area contributed by atoms with E-state index in [1.54, 1.807) is 55.5 Å². The van der Waals surface area contributed by atoms with Gasteiger partial charge in [-0.25, -0.2) is 4.79 Å². The van der Waals surface area contributed by atoms with E-state index in [1.165, 1.54) is 11.8 Å². The molecule has 0 spiro atoms. The first-order valence-electron chi connectivity index (χ1n) is 8.02. The summed E-state index contributed by atoms with van der Waals surface area (Å²) >= 11 is 5.82. The van der Waals surface area contributed by atoms with Crippen LogP contribution in [0.3, 0.4) is 0 Å². The number of hydrogen-bond donors (Lipinski definition) is 1. The van der Waals surface area contributed by atoms with Crippen molar-refractivity contribution >= 4 is 40.8 Å². The van der Waals surface area contributed by atoms with E-state index >= 15 is 0 Å². The number of benzene rings is 2. The molecule has 0 bridgehead atoms. The van der Waals surface area contributed by atoms with Crippen LogP contribution in [0.5, 0.6) is 0 Å². The Bertz CT molecular complexity index is 805. The van der Waals surface area contributed by atoms with Crippen molar-refractivity contribution in [1.82, 2.24) is 0 Å². The van der Waals surface area contributed by atoms with Gasteiger partial charge in [-0.15, -0.1) is 0 Å². The number of amides is 2. The number of esters is 1. The topological polar surface area (TPSA) is 75.7 Å². The summed E-state index contributed by atoms with van der Waals surface area (Å²) in [5.74, 6) is -1.32. The second kappa shape index (κ2) is 9.01. The molecule has 0 aromatic heterocycles. The highest BCUT2D eigenvalue weighted by Gasteiger charge is 2.22. The van der Waals surface area contributed by atoms with Crippen molar-refractivity contribution in [2.45, 2.75) is 13.8 Å². The van der Waals surface area contributed by atoms with Crippen LogP contribution >= 0.6 is 11.6 Å². The minimum Gasteiger partial charge on any atom is -0.462 e. The molecule has 2 amide bonds. The monoisotopic (exact) mass is 374 g/mol. The van der Waals surface area contributed by atoms with E-state index in [2.05, 4.69) is 5.32 Å². The van der Waals surface area contributed by atoms with Gasteiger partial charge in [0, 0.05) is 17.6 Å². The van der Waals surface area contributed by atoms with E-state index in [-0.39, 0.29) is 24.6 Å². The zero-order chi connectivity index (χ0) is 19.1. The lowest BCUT2D eigenvalue weighted by Gasteiger charge is -2.23. The zero-order valence-corrected chi connectivity index (χ0v) is 15.2. The van der Waals surface area contributed by atoms with Gasteiger partial charge < -0.3 is 15.0 Å². The number of carbonyl (C=O) groups excluding carboxylic acids is 3. The molecule has 6 nitrogen and oxygen atoms in total. The first kappa shape index (κ1) is 19.5. The first-order valence-corrected chi connectivity index (χ1v) is 8.39. The van der Waals surface area contributed by atoms with Gasteiger partial charge in [0.05, 0.1) is 17.9 Å². The molecule has 0 aliphatic heterocycles. The van der Waals surface area contributed by atoms with Crippen molar-refractivity contribution in [1.29, 1.82) is 0 Å². The third kappa shape index (κ3) is 5.07. The second-order valence-corrected chi connectivity index (χ2v) is 5.83. The van der Waals surface area contributed by atoms with Crippen LogP contribution in [0.1, 0.15) is 24.2 Å². The lowest BCUT2D eigenvalue weighted by molar-refractivity contribution is -0.120. The van der Waals surface area contributed by atoms with Gasteiger partial charge in [0.25, 0.3) is 0 Å². The molecule has 0 radical (unpaired) electrons. The maximum Gasteiger partial charge on any atom is 0.340 e. The third-order valence-electron chi connectivity index (χ3n) is 3.50. The summed E-state index contributed by atoms with van der Waals surface area (Å²) in [6.45, 7) is 3.00. The van der Waals surface area contributed by atoms with Crippen LogP contribution < -0.4 is 10.2 Å². The van der Waals surface area contributed by atoms with E-state index in [9.17, 15) is 14.4 Å². The van der Waals surface area contributed by atoms with Crippen LogP contribution in [0.4, 0.5) is 11.4 Å². The molecular weight excluding hydrogens is 356 g/mol. The zero-order valence-electron chi connectivity index (χ0n) is 14.5. The lowest BCUT2D eigenvalue weighted by Crippen LogP contribution is -2.37. The summed E-state index contributed by atoms with van der Waals surface area (Å²) in [6, 6.07) is 13.1. The van der Waals surface area contributed by atoms with E-state index in [1.807, 2.05) is 0 Å². The number of hydrogen-bond acceptors (Lipinski definition) is 4. The lowest BCUT2D eigenvalue weighted by atomic mass is 10.1. The van der Waals surface area contributed by atoms with E-state index in [0.29, 0.717) is 16.4 Å². The number of carbonyl (C=O) groups is 3. The van der Waals surface area contributed by atoms with Crippen molar-refractivity contribution in [2.24, 2.45) is 0 Å².